The molecule has 0 saturated carbocycles. The van der Waals surface area contributed by atoms with Crippen LogP contribution in [-0.4, -0.2) is 10.1 Å². The zero-order valence-corrected chi connectivity index (χ0v) is 12.9. The molecule has 0 aliphatic carbocycles. The highest BCUT2D eigenvalue weighted by molar-refractivity contribution is 7.18. The van der Waals surface area contributed by atoms with Crippen LogP contribution in [-0.2, 0) is 6.61 Å². The highest BCUT2D eigenvalue weighted by Crippen LogP contribution is 2.28. The van der Waals surface area contributed by atoms with E-state index in [0.29, 0.717) is 6.61 Å². The predicted octanol–water partition coefficient (Wildman–Crippen LogP) is 4.24. The van der Waals surface area contributed by atoms with Crippen molar-refractivity contribution >= 4 is 21.6 Å². The van der Waals surface area contributed by atoms with Crippen LogP contribution in [0.3, 0.4) is 0 Å². The molecule has 3 rings (SSSR count). The minimum atomic E-state index is -0.545. The van der Waals surface area contributed by atoms with E-state index < -0.39 is 6.10 Å². The number of aliphatic hydroxyl groups is 1. The van der Waals surface area contributed by atoms with Gasteiger partial charge in [-0.3, -0.25) is 0 Å². The third-order valence-corrected chi connectivity index (χ3v) is 4.32. The van der Waals surface area contributed by atoms with Gasteiger partial charge in [0.25, 0.3) is 0 Å². The van der Waals surface area contributed by atoms with Gasteiger partial charge in [-0.15, -0.1) is 11.3 Å². The van der Waals surface area contributed by atoms with Crippen molar-refractivity contribution in [3.05, 3.63) is 58.6 Å². The van der Waals surface area contributed by atoms with Crippen molar-refractivity contribution < 1.29 is 9.84 Å². The predicted molar refractivity (Wildman–Crippen MR) is 85.8 cm³/mol. The van der Waals surface area contributed by atoms with E-state index in [1.54, 1.807) is 18.3 Å². The van der Waals surface area contributed by atoms with E-state index in [0.717, 1.165) is 32.1 Å². The standard InChI is InChI=1S/C17H17NO2S/c1-11-7-8-13(12(2)19)15(9-11)20-10-17-18-14-5-3-4-6-16(14)21-17/h3-9,12,19H,10H2,1-2H3/t12-/m1/s1. The number of fused-ring (bicyclic) bond motifs is 1. The Balaban J connectivity index is 1.82. The Hall–Kier alpha value is -1.91. The number of aryl methyl sites for hydroxylation is 1. The summed E-state index contributed by atoms with van der Waals surface area (Å²) in [4.78, 5) is 4.56. The van der Waals surface area contributed by atoms with Crippen LogP contribution < -0.4 is 4.74 Å². The van der Waals surface area contributed by atoms with Gasteiger partial charge in [-0.2, -0.15) is 0 Å². The summed E-state index contributed by atoms with van der Waals surface area (Å²) in [6.45, 7) is 4.17. The van der Waals surface area contributed by atoms with Gasteiger partial charge in [0, 0.05) is 5.56 Å². The largest absolute Gasteiger partial charge is 0.486 e. The Morgan fingerprint density at radius 1 is 1.24 bits per heavy atom. The van der Waals surface area contributed by atoms with Gasteiger partial charge in [-0.25, -0.2) is 4.98 Å². The molecule has 1 heterocycles. The van der Waals surface area contributed by atoms with E-state index in [9.17, 15) is 5.11 Å². The second-order valence-corrected chi connectivity index (χ2v) is 6.20. The van der Waals surface area contributed by atoms with Crippen LogP contribution in [0.5, 0.6) is 5.75 Å². The van der Waals surface area contributed by atoms with Crippen LogP contribution >= 0.6 is 11.3 Å². The second-order valence-electron chi connectivity index (χ2n) is 5.08. The fourth-order valence-corrected chi connectivity index (χ4v) is 3.11. The average Bonchev–Trinajstić information content (AvgIpc) is 2.87. The molecule has 1 atom stereocenters. The van der Waals surface area contributed by atoms with E-state index >= 15 is 0 Å². The number of benzene rings is 2. The molecule has 2 aromatic carbocycles. The van der Waals surface area contributed by atoms with Crippen molar-refractivity contribution in [3.8, 4) is 5.75 Å². The molecule has 0 spiro atoms. The first-order valence-corrected chi connectivity index (χ1v) is 7.71. The molecule has 1 aromatic heterocycles. The van der Waals surface area contributed by atoms with Crippen LogP contribution in [0, 0.1) is 6.92 Å². The molecule has 21 heavy (non-hydrogen) atoms. The monoisotopic (exact) mass is 299 g/mol. The quantitative estimate of drug-likeness (QED) is 0.783. The Morgan fingerprint density at radius 3 is 2.81 bits per heavy atom. The second kappa shape index (κ2) is 5.84. The average molecular weight is 299 g/mol. The third-order valence-electron chi connectivity index (χ3n) is 3.31. The number of nitrogens with zero attached hydrogens (tertiary/aromatic N) is 1. The van der Waals surface area contributed by atoms with Gasteiger partial charge in [-0.05, 0) is 37.6 Å². The van der Waals surface area contributed by atoms with Gasteiger partial charge in [0.1, 0.15) is 17.4 Å². The highest BCUT2D eigenvalue weighted by Gasteiger charge is 2.11. The summed E-state index contributed by atoms with van der Waals surface area (Å²) in [5.74, 6) is 0.726. The molecule has 0 radical (unpaired) electrons. The number of aliphatic hydroxyl groups excluding tert-OH is 1. The Kier molecular flexibility index (Phi) is 3.90. The van der Waals surface area contributed by atoms with Crippen LogP contribution in [0.1, 0.15) is 29.2 Å². The molecule has 3 nitrogen and oxygen atoms in total. The van der Waals surface area contributed by atoms with E-state index in [1.807, 2.05) is 43.3 Å². The lowest BCUT2D eigenvalue weighted by Crippen LogP contribution is -2.01. The van der Waals surface area contributed by atoms with Gasteiger partial charge in [0.15, 0.2) is 0 Å². The first-order chi connectivity index (χ1) is 10.1. The van der Waals surface area contributed by atoms with Gasteiger partial charge in [0.2, 0.25) is 0 Å². The number of hydrogen-bond acceptors (Lipinski definition) is 4. The molecular weight excluding hydrogens is 282 g/mol. The SMILES string of the molecule is Cc1ccc([C@@H](C)O)c(OCc2nc3ccccc3s2)c1. The van der Waals surface area contributed by atoms with Crippen molar-refractivity contribution in [2.24, 2.45) is 0 Å². The number of aromatic nitrogens is 1. The molecule has 0 fully saturated rings. The summed E-state index contributed by atoms with van der Waals surface area (Å²) < 4.78 is 7.05. The molecule has 108 valence electrons. The molecule has 0 amide bonds. The summed E-state index contributed by atoms with van der Waals surface area (Å²) >= 11 is 1.64. The Bertz CT molecular complexity index is 731. The van der Waals surface area contributed by atoms with Crippen molar-refractivity contribution in [2.75, 3.05) is 0 Å². The molecule has 0 saturated heterocycles. The van der Waals surface area contributed by atoms with Crippen molar-refractivity contribution in [1.82, 2.24) is 4.98 Å². The smallest absolute Gasteiger partial charge is 0.140 e. The van der Waals surface area contributed by atoms with Crippen LogP contribution in [0.25, 0.3) is 10.2 Å². The van der Waals surface area contributed by atoms with Crippen molar-refractivity contribution in [3.63, 3.8) is 0 Å². The van der Waals surface area contributed by atoms with E-state index in [4.69, 9.17) is 4.74 Å². The Morgan fingerprint density at radius 2 is 2.05 bits per heavy atom. The highest BCUT2D eigenvalue weighted by atomic mass is 32.1. The summed E-state index contributed by atoms with van der Waals surface area (Å²) in [6, 6.07) is 13.9. The molecule has 0 bridgehead atoms. The molecule has 0 aliphatic rings. The minimum absolute atomic E-state index is 0.419. The van der Waals surface area contributed by atoms with Gasteiger partial charge in [0.05, 0.1) is 16.3 Å². The molecule has 0 aliphatic heterocycles. The maximum atomic E-state index is 9.81. The first kappa shape index (κ1) is 14.0. The zero-order chi connectivity index (χ0) is 14.8. The lowest BCUT2D eigenvalue weighted by Gasteiger charge is -2.13. The molecule has 4 heteroatoms. The van der Waals surface area contributed by atoms with Crippen LogP contribution in [0.15, 0.2) is 42.5 Å². The van der Waals surface area contributed by atoms with E-state index in [-0.39, 0.29) is 0 Å². The normalized spacial score (nSPS) is 12.5. The molecule has 3 aromatic rings. The lowest BCUT2D eigenvalue weighted by molar-refractivity contribution is 0.190. The summed E-state index contributed by atoms with van der Waals surface area (Å²) in [7, 11) is 0. The first-order valence-electron chi connectivity index (χ1n) is 6.89. The lowest BCUT2D eigenvalue weighted by atomic mass is 10.1. The minimum Gasteiger partial charge on any atom is -0.486 e. The maximum absolute atomic E-state index is 9.81. The number of para-hydroxylation sites is 1. The number of hydrogen-bond donors (Lipinski definition) is 1. The van der Waals surface area contributed by atoms with Gasteiger partial charge in [-0.1, -0.05) is 24.3 Å². The van der Waals surface area contributed by atoms with E-state index in [1.165, 1.54) is 0 Å². The molecule has 0 unspecified atom stereocenters. The summed E-state index contributed by atoms with van der Waals surface area (Å²) in [5.41, 5.74) is 2.92. The summed E-state index contributed by atoms with van der Waals surface area (Å²) in [6.07, 6.45) is -0.545. The van der Waals surface area contributed by atoms with Crippen LogP contribution in [0.2, 0.25) is 0 Å². The zero-order valence-electron chi connectivity index (χ0n) is 12.0. The third kappa shape index (κ3) is 3.06. The number of rotatable bonds is 4. The number of thiazole rings is 1. The fraction of sp³-hybridized carbons (Fsp3) is 0.235. The van der Waals surface area contributed by atoms with Gasteiger partial charge >= 0.3 is 0 Å². The molecular formula is C17H17NO2S. The number of ether oxygens (including phenoxy) is 1. The van der Waals surface area contributed by atoms with Crippen molar-refractivity contribution in [1.29, 1.82) is 0 Å². The maximum Gasteiger partial charge on any atom is 0.140 e. The Labute approximate surface area is 127 Å². The molecule has 1 N–H and O–H groups in total. The van der Waals surface area contributed by atoms with Crippen LogP contribution in [0.4, 0.5) is 0 Å². The van der Waals surface area contributed by atoms with Gasteiger partial charge < -0.3 is 9.84 Å². The fourth-order valence-electron chi connectivity index (χ4n) is 2.23. The van der Waals surface area contributed by atoms with Crippen molar-refractivity contribution in [2.45, 2.75) is 26.6 Å². The van der Waals surface area contributed by atoms with E-state index in [2.05, 4.69) is 11.1 Å². The topological polar surface area (TPSA) is 42.4 Å². The summed E-state index contributed by atoms with van der Waals surface area (Å²) in [5, 5.41) is 10.8.